The van der Waals surface area contributed by atoms with Crippen molar-refractivity contribution < 1.29 is 9.18 Å². The normalized spacial score (nSPS) is 28.2. The minimum Gasteiger partial charge on any atom is -0.346 e. The van der Waals surface area contributed by atoms with E-state index >= 15 is 0 Å². The number of carbonyl (C=O) groups excluding carboxylic acids is 1. The van der Waals surface area contributed by atoms with Crippen molar-refractivity contribution in [3.05, 3.63) is 48.6 Å². The Balaban J connectivity index is 2.07. The van der Waals surface area contributed by atoms with Crippen LogP contribution >= 0.6 is 0 Å². The van der Waals surface area contributed by atoms with Gasteiger partial charge in [-0.05, 0) is 11.6 Å². The van der Waals surface area contributed by atoms with Gasteiger partial charge in [-0.3, -0.25) is 4.79 Å². The highest BCUT2D eigenvalue weighted by atomic mass is 19.1. The largest absolute Gasteiger partial charge is 0.346 e. The molecule has 0 aliphatic heterocycles. The topological polar surface area (TPSA) is 29.1 Å². The molecular formula is C12H12FNO. The number of carbonyl (C=O) groups is 1. The predicted molar refractivity (Wildman–Crippen MR) is 56.0 cm³/mol. The number of alkyl halides is 1. The highest BCUT2D eigenvalue weighted by molar-refractivity contribution is 5.87. The summed E-state index contributed by atoms with van der Waals surface area (Å²) in [5.41, 5.74) is -0.765. The molecule has 1 aliphatic rings. The first-order chi connectivity index (χ1) is 7.16. The fourth-order valence-electron chi connectivity index (χ4n) is 1.67. The number of rotatable bonds is 3. The molecule has 2 nitrogen and oxygen atoms in total. The van der Waals surface area contributed by atoms with E-state index in [4.69, 9.17) is 0 Å². The van der Waals surface area contributed by atoms with Gasteiger partial charge in [0.2, 0.25) is 5.91 Å². The first-order valence-electron chi connectivity index (χ1n) is 4.84. The average Bonchev–Trinajstić information content (AvgIpc) is 2.92. The number of hydrogen-bond donors (Lipinski definition) is 1. The van der Waals surface area contributed by atoms with Gasteiger partial charge in [0.25, 0.3) is 0 Å². The monoisotopic (exact) mass is 205 g/mol. The van der Waals surface area contributed by atoms with Crippen molar-refractivity contribution in [1.29, 1.82) is 0 Å². The molecule has 0 bridgehead atoms. The summed E-state index contributed by atoms with van der Waals surface area (Å²) in [4.78, 5) is 11.0. The van der Waals surface area contributed by atoms with Crippen LogP contribution in [-0.2, 0) is 10.5 Å². The van der Waals surface area contributed by atoms with Gasteiger partial charge < -0.3 is 5.32 Å². The zero-order valence-corrected chi connectivity index (χ0v) is 8.24. The summed E-state index contributed by atoms with van der Waals surface area (Å²) in [6.45, 7) is 3.33. The quantitative estimate of drug-likeness (QED) is 0.750. The molecule has 1 aromatic rings. The first kappa shape index (κ1) is 9.90. The minimum atomic E-state index is -1.39. The standard InChI is InChI=1S/C12H12FNO/c1-2-11(15)14-10-8-12(10,13)9-6-4-3-5-7-9/h2-7,10H,1,8H2,(H,14,15). The Kier molecular flexibility index (Phi) is 2.31. The van der Waals surface area contributed by atoms with Gasteiger partial charge in [-0.15, -0.1) is 0 Å². The molecule has 2 rings (SSSR count). The van der Waals surface area contributed by atoms with E-state index in [1.165, 1.54) is 0 Å². The lowest BCUT2D eigenvalue weighted by atomic mass is 10.1. The predicted octanol–water partition coefficient (Wildman–Crippen LogP) is 1.93. The summed E-state index contributed by atoms with van der Waals surface area (Å²) in [5, 5.41) is 2.56. The summed E-state index contributed by atoms with van der Waals surface area (Å²) in [7, 11) is 0. The van der Waals surface area contributed by atoms with Crippen LogP contribution in [0.4, 0.5) is 4.39 Å². The molecule has 1 aliphatic carbocycles. The van der Waals surface area contributed by atoms with Crippen LogP contribution in [0.1, 0.15) is 12.0 Å². The van der Waals surface area contributed by atoms with Gasteiger partial charge in [-0.25, -0.2) is 4.39 Å². The van der Waals surface area contributed by atoms with Gasteiger partial charge in [0.05, 0.1) is 6.04 Å². The molecule has 1 N–H and O–H groups in total. The molecule has 3 heteroatoms. The van der Waals surface area contributed by atoms with Crippen LogP contribution in [0.15, 0.2) is 43.0 Å². The second-order valence-electron chi connectivity index (χ2n) is 3.70. The maximum atomic E-state index is 14.1. The van der Waals surface area contributed by atoms with Crippen LogP contribution in [0.2, 0.25) is 0 Å². The number of nitrogens with one attached hydrogen (secondary N) is 1. The molecular weight excluding hydrogens is 193 g/mol. The van der Waals surface area contributed by atoms with Gasteiger partial charge >= 0.3 is 0 Å². The molecule has 2 atom stereocenters. The first-order valence-corrected chi connectivity index (χ1v) is 4.84. The van der Waals surface area contributed by atoms with Crippen molar-refractivity contribution >= 4 is 5.91 Å². The molecule has 1 saturated carbocycles. The zero-order chi connectivity index (χ0) is 10.9. The molecule has 0 radical (unpaired) electrons. The minimum absolute atomic E-state index is 0.324. The average molecular weight is 205 g/mol. The smallest absolute Gasteiger partial charge is 0.243 e. The summed E-state index contributed by atoms with van der Waals surface area (Å²) >= 11 is 0. The summed E-state index contributed by atoms with van der Waals surface area (Å²) in [5.74, 6) is -0.324. The van der Waals surface area contributed by atoms with Crippen LogP contribution in [0.3, 0.4) is 0 Å². The van der Waals surface area contributed by atoms with Crippen LogP contribution < -0.4 is 5.32 Å². The van der Waals surface area contributed by atoms with Crippen LogP contribution in [0.25, 0.3) is 0 Å². The van der Waals surface area contributed by atoms with Crippen molar-refractivity contribution in [2.75, 3.05) is 0 Å². The number of hydrogen-bond acceptors (Lipinski definition) is 1. The van der Waals surface area contributed by atoms with Crippen molar-refractivity contribution in [1.82, 2.24) is 5.32 Å². The maximum absolute atomic E-state index is 14.1. The Labute approximate surface area is 87.8 Å². The van der Waals surface area contributed by atoms with Crippen molar-refractivity contribution in [3.63, 3.8) is 0 Å². The number of benzene rings is 1. The lowest BCUT2D eigenvalue weighted by Gasteiger charge is -2.08. The molecule has 1 amide bonds. The lowest BCUT2D eigenvalue weighted by Crippen LogP contribution is -2.27. The van der Waals surface area contributed by atoms with Gasteiger partial charge in [0, 0.05) is 6.42 Å². The van der Waals surface area contributed by atoms with Gasteiger partial charge in [0.15, 0.2) is 5.67 Å². The van der Waals surface area contributed by atoms with Gasteiger partial charge in [-0.2, -0.15) is 0 Å². The van der Waals surface area contributed by atoms with E-state index in [0.29, 0.717) is 12.0 Å². The second-order valence-corrected chi connectivity index (χ2v) is 3.70. The maximum Gasteiger partial charge on any atom is 0.243 e. The third kappa shape index (κ3) is 1.77. The molecule has 0 aromatic heterocycles. The fraction of sp³-hybridized carbons (Fsp3) is 0.250. The van der Waals surface area contributed by atoms with E-state index in [9.17, 15) is 9.18 Å². The molecule has 0 saturated heterocycles. The highest BCUT2D eigenvalue weighted by Gasteiger charge is 2.57. The van der Waals surface area contributed by atoms with E-state index in [1.54, 1.807) is 24.3 Å². The van der Waals surface area contributed by atoms with Gasteiger partial charge in [0.1, 0.15) is 0 Å². The summed E-state index contributed by atoms with van der Waals surface area (Å²) in [6, 6.07) is 8.49. The SMILES string of the molecule is C=CC(=O)NC1CC1(F)c1ccccc1. The Hall–Kier alpha value is -1.64. The molecule has 2 unspecified atom stereocenters. The lowest BCUT2D eigenvalue weighted by molar-refractivity contribution is -0.116. The molecule has 0 spiro atoms. The van der Waals surface area contributed by atoms with Crippen molar-refractivity contribution in [2.45, 2.75) is 18.1 Å². The third-order valence-electron chi connectivity index (χ3n) is 2.65. The molecule has 78 valence electrons. The Morgan fingerprint density at radius 1 is 1.53 bits per heavy atom. The van der Waals surface area contributed by atoms with E-state index in [1.807, 2.05) is 6.07 Å². The Morgan fingerprint density at radius 2 is 2.20 bits per heavy atom. The van der Waals surface area contributed by atoms with E-state index < -0.39 is 11.7 Å². The van der Waals surface area contributed by atoms with E-state index in [2.05, 4.69) is 11.9 Å². The molecule has 1 fully saturated rings. The second kappa shape index (κ2) is 3.50. The Bertz CT molecular complexity index is 390. The third-order valence-corrected chi connectivity index (χ3v) is 2.65. The molecule has 1 aromatic carbocycles. The fourth-order valence-corrected chi connectivity index (χ4v) is 1.67. The summed E-state index contributed by atoms with van der Waals surface area (Å²) < 4.78 is 14.1. The highest BCUT2D eigenvalue weighted by Crippen LogP contribution is 2.49. The Morgan fingerprint density at radius 3 is 2.80 bits per heavy atom. The van der Waals surface area contributed by atoms with Crippen molar-refractivity contribution in [2.24, 2.45) is 0 Å². The summed E-state index contributed by atoms with van der Waals surface area (Å²) in [6.07, 6.45) is 1.50. The molecule has 15 heavy (non-hydrogen) atoms. The van der Waals surface area contributed by atoms with E-state index in [0.717, 1.165) is 6.08 Å². The zero-order valence-electron chi connectivity index (χ0n) is 8.24. The van der Waals surface area contributed by atoms with Crippen LogP contribution in [0.5, 0.6) is 0 Å². The van der Waals surface area contributed by atoms with Crippen molar-refractivity contribution in [3.8, 4) is 0 Å². The van der Waals surface area contributed by atoms with Crippen LogP contribution in [-0.4, -0.2) is 11.9 Å². The van der Waals surface area contributed by atoms with Gasteiger partial charge in [-0.1, -0.05) is 36.9 Å². The van der Waals surface area contributed by atoms with Crippen LogP contribution in [0, 0.1) is 0 Å². The molecule has 0 heterocycles. The number of amides is 1. The van der Waals surface area contributed by atoms with E-state index in [-0.39, 0.29) is 5.91 Å². The number of halogens is 1.